The first-order valence-corrected chi connectivity index (χ1v) is 7.13. The molecule has 3 nitrogen and oxygen atoms in total. The smallest absolute Gasteiger partial charge is 0.0416 e. The van der Waals surface area contributed by atoms with E-state index < -0.39 is 0 Å². The Morgan fingerprint density at radius 1 is 1.05 bits per heavy atom. The summed E-state index contributed by atoms with van der Waals surface area (Å²) >= 11 is 0. The minimum atomic E-state index is 0.962. The second kappa shape index (κ2) is 7.65. The molecule has 0 radical (unpaired) electrons. The number of aryl methyl sites for hydroxylation is 1. The molecular formula is C17H23N3. The molecule has 106 valence electrons. The van der Waals surface area contributed by atoms with Crippen LogP contribution in [0.25, 0.3) is 0 Å². The van der Waals surface area contributed by atoms with Crippen LogP contribution in [0.2, 0.25) is 0 Å². The molecule has 1 aromatic carbocycles. The number of anilines is 1. The minimum Gasteiger partial charge on any atom is -0.384 e. The van der Waals surface area contributed by atoms with Crippen molar-refractivity contribution in [3.63, 3.8) is 0 Å². The van der Waals surface area contributed by atoms with Crippen LogP contribution < -0.4 is 5.32 Å². The van der Waals surface area contributed by atoms with Gasteiger partial charge >= 0.3 is 0 Å². The molecule has 2 aromatic rings. The highest BCUT2D eigenvalue weighted by Crippen LogP contribution is 2.12. The van der Waals surface area contributed by atoms with E-state index >= 15 is 0 Å². The SMILES string of the molecule is Cc1ccccc1NCCN(C)CCc1ccccn1. The Morgan fingerprint density at radius 2 is 1.85 bits per heavy atom. The van der Waals surface area contributed by atoms with Gasteiger partial charge in [0.25, 0.3) is 0 Å². The Morgan fingerprint density at radius 3 is 2.60 bits per heavy atom. The van der Waals surface area contributed by atoms with Gasteiger partial charge in [-0.15, -0.1) is 0 Å². The van der Waals surface area contributed by atoms with E-state index in [-0.39, 0.29) is 0 Å². The van der Waals surface area contributed by atoms with Gasteiger partial charge in [0.15, 0.2) is 0 Å². The van der Waals surface area contributed by atoms with Crippen molar-refractivity contribution in [2.75, 3.05) is 32.0 Å². The van der Waals surface area contributed by atoms with E-state index in [2.05, 4.69) is 59.5 Å². The summed E-state index contributed by atoms with van der Waals surface area (Å²) in [5.74, 6) is 0. The maximum absolute atomic E-state index is 4.35. The molecule has 0 bridgehead atoms. The van der Waals surface area contributed by atoms with Gasteiger partial charge < -0.3 is 10.2 Å². The fourth-order valence-electron chi connectivity index (χ4n) is 2.12. The number of hydrogen-bond acceptors (Lipinski definition) is 3. The molecule has 1 heterocycles. The first-order chi connectivity index (χ1) is 9.75. The van der Waals surface area contributed by atoms with Gasteiger partial charge in [0, 0.05) is 43.6 Å². The largest absolute Gasteiger partial charge is 0.384 e. The summed E-state index contributed by atoms with van der Waals surface area (Å²) in [7, 11) is 2.16. The molecule has 0 unspecified atom stereocenters. The summed E-state index contributed by atoms with van der Waals surface area (Å²) in [6.07, 6.45) is 2.86. The Hall–Kier alpha value is -1.87. The van der Waals surface area contributed by atoms with Gasteiger partial charge in [-0.25, -0.2) is 0 Å². The van der Waals surface area contributed by atoms with Gasteiger partial charge in [0.2, 0.25) is 0 Å². The van der Waals surface area contributed by atoms with Crippen LogP contribution in [-0.4, -0.2) is 36.6 Å². The van der Waals surface area contributed by atoms with E-state index in [1.54, 1.807) is 0 Å². The highest BCUT2D eigenvalue weighted by atomic mass is 15.1. The Balaban J connectivity index is 1.68. The third kappa shape index (κ3) is 4.67. The quantitative estimate of drug-likeness (QED) is 0.837. The van der Waals surface area contributed by atoms with Crippen LogP contribution in [0.3, 0.4) is 0 Å². The Bertz CT molecular complexity index is 511. The van der Waals surface area contributed by atoms with Crippen LogP contribution in [0.5, 0.6) is 0 Å². The molecule has 20 heavy (non-hydrogen) atoms. The highest BCUT2D eigenvalue weighted by molar-refractivity contribution is 5.50. The molecule has 0 saturated heterocycles. The molecule has 3 heteroatoms. The normalized spacial score (nSPS) is 10.8. The summed E-state index contributed by atoms with van der Waals surface area (Å²) in [5.41, 5.74) is 3.68. The van der Waals surface area contributed by atoms with Gasteiger partial charge in [0.05, 0.1) is 0 Å². The van der Waals surface area contributed by atoms with Crippen molar-refractivity contribution in [1.82, 2.24) is 9.88 Å². The maximum Gasteiger partial charge on any atom is 0.0416 e. The first kappa shape index (κ1) is 14.5. The molecule has 1 aromatic heterocycles. The predicted octanol–water partition coefficient (Wildman–Crippen LogP) is 2.98. The number of nitrogens with one attached hydrogen (secondary N) is 1. The highest BCUT2D eigenvalue weighted by Gasteiger charge is 2.01. The number of likely N-dealkylation sites (N-methyl/N-ethyl adjacent to an activating group) is 1. The van der Waals surface area contributed by atoms with Crippen LogP contribution in [0.1, 0.15) is 11.3 Å². The molecule has 0 atom stereocenters. The molecule has 0 aliphatic heterocycles. The summed E-state index contributed by atoms with van der Waals surface area (Å²) in [6, 6.07) is 14.5. The van der Waals surface area contributed by atoms with Crippen LogP contribution in [-0.2, 0) is 6.42 Å². The van der Waals surface area contributed by atoms with Crippen LogP contribution in [0.4, 0.5) is 5.69 Å². The van der Waals surface area contributed by atoms with Gasteiger partial charge in [0.1, 0.15) is 0 Å². The van der Waals surface area contributed by atoms with Crippen molar-refractivity contribution in [3.05, 3.63) is 59.9 Å². The van der Waals surface area contributed by atoms with E-state index in [9.17, 15) is 0 Å². The lowest BCUT2D eigenvalue weighted by atomic mass is 10.2. The summed E-state index contributed by atoms with van der Waals surface area (Å²) in [6.45, 7) is 5.16. The number of nitrogens with zero attached hydrogens (tertiary/aromatic N) is 2. The zero-order chi connectivity index (χ0) is 14.2. The number of para-hydroxylation sites is 1. The van der Waals surface area contributed by atoms with Gasteiger partial charge in [-0.1, -0.05) is 24.3 Å². The molecule has 2 rings (SSSR count). The lowest BCUT2D eigenvalue weighted by Gasteiger charge is -2.17. The number of pyridine rings is 1. The summed E-state index contributed by atoms with van der Waals surface area (Å²) < 4.78 is 0. The number of hydrogen-bond donors (Lipinski definition) is 1. The third-order valence-corrected chi connectivity index (χ3v) is 3.43. The first-order valence-electron chi connectivity index (χ1n) is 7.13. The van der Waals surface area contributed by atoms with Crippen molar-refractivity contribution in [3.8, 4) is 0 Å². The Kier molecular flexibility index (Phi) is 5.56. The van der Waals surface area contributed by atoms with E-state index in [4.69, 9.17) is 0 Å². The maximum atomic E-state index is 4.35. The molecule has 0 amide bonds. The van der Waals surface area contributed by atoms with Crippen molar-refractivity contribution in [2.45, 2.75) is 13.3 Å². The fourth-order valence-corrected chi connectivity index (χ4v) is 2.12. The van der Waals surface area contributed by atoms with E-state index in [1.807, 2.05) is 18.3 Å². The lowest BCUT2D eigenvalue weighted by molar-refractivity contribution is 0.350. The molecule has 0 saturated carbocycles. The van der Waals surface area contributed by atoms with E-state index in [0.29, 0.717) is 0 Å². The van der Waals surface area contributed by atoms with Crippen LogP contribution >= 0.6 is 0 Å². The van der Waals surface area contributed by atoms with Gasteiger partial charge in [-0.05, 0) is 37.7 Å². The predicted molar refractivity (Wildman–Crippen MR) is 85.1 cm³/mol. The standard InChI is InChI=1S/C17H23N3/c1-15-7-3-4-9-17(15)19-12-14-20(2)13-10-16-8-5-6-11-18-16/h3-9,11,19H,10,12-14H2,1-2H3. The minimum absolute atomic E-state index is 0.962. The molecular weight excluding hydrogens is 246 g/mol. The van der Waals surface area contributed by atoms with Crippen LogP contribution in [0.15, 0.2) is 48.7 Å². The molecule has 0 spiro atoms. The topological polar surface area (TPSA) is 28.2 Å². The summed E-state index contributed by atoms with van der Waals surface area (Å²) in [5, 5.41) is 3.48. The second-order valence-corrected chi connectivity index (χ2v) is 5.12. The van der Waals surface area contributed by atoms with Gasteiger partial charge in [-0.3, -0.25) is 4.98 Å². The van der Waals surface area contributed by atoms with Crippen LogP contribution in [0, 0.1) is 6.92 Å². The number of rotatable bonds is 7. The number of benzene rings is 1. The lowest BCUT2D eigenvalue weighted by Crippen LogP contribution is -2.27. The van der Waals surface area contributed by atoms with Crippen molar-refractivity contribution < 1.29 is 0 Å². The zero-order valence-corrected chi connectivity index (χ0v) is 12.3. The Labute approximate surface area is 121 Å². The third-order valence-electron chi connectivity index (χ3n) is 3.43. The molecule has 0 aliphatic carbocycles. The van der Waals surface area contributed by atoms with Gasteiger partial charge in [-0.2, -0.15) is 0 Å². The average Bonchev–Trinajstić information content (AvgIpc) is 2.48. The van der Waals surface area contributed by atoms with Crippen molar-refractivity contribution in [1.29, 1.82) is 0 Å². The molecule has 1 N–H and O–H groups in total. The molecule has 0 aliphatic rings. The number of aromatic nitrogens is 1. The van der Waals surface area contributed by atoms with E-state index in [0.717, 1.165) is 31.7 Å². The van der Waals surface area contributed by atoms with Crippen molar-refractivity contribution >= 4 is 5.69 Å². The zero-order valence-electron chi connectivity index (χ0n) is 12.3. The summed E-state index contributed by atoms with van der Waals surface area (Å²) in [4.78, 5) is 6.68. The molecule has 0 fully saturated rings. The van der Waals surface area contributed by atoms with Crippen molar-refractivity contribution in [2.24, 2.45) is 0 Å². The average molecular weight is 269 g/mol. The van der Waals surface area contributed by atoms with E-state index in [1.165, 1.54) is 11.3 Å². The fraction of sp³-hybridized carbons (Fsp3) is 0.353. The monoisotopic (exact) mass is 269 g/mol. The second-order valence-electron chi connectivity index (χ2n) is 5.12.